The molecule has 0 atom stereocenters. The molecule has 0 unspecified atom stereocenters. The highest BCUT2D eigenvalue weighted by atomic mass is 32.2. The van der Waals surface area contributed by atoms with E-state index in [1.807, 2.05) is 29.2 Å². The van der Waals surface area contributed by atoms with Crippen LogP contribution in [0.15, 0.2) is 36.5 Å². The Labute approximate surface area is 204 Å². The van der Waals surface area contributed by atoms with Crippen molar-refractivity contribution in [1.82, 2.24) is 4.98 Å². The lowest BCUT2D eigenvalue weighted by Gasteiger charge is -2.43. The van der Waals surface area contributed by atoms with Crippen LogP contribution in [0.1, 0.15) is 37.7 Å². The third-order valence-electron chi connectivity index (χ3n) is 6.89. The zero-order valence-corrected chi connectivity index (χ0v) is 20.4. The Kier molecular flexibility index (Phi) is 5.57. The Balaban J connectivity index is 1.39. The summed E-state index contributed by atoms with van der Waals surface area (Å²) in [6, 6.07) is 9.25. The number of benzene rings is 1. The van der Waals surface area contributed by atoms with Gasteiger partial charge in [-0.2, -0.15) is 0 Å². The second-order valence-corrected chi connectivity index (χ2v) is 11.7. The number of carbonyl (C=O) groups excluding carboxylic acids is 1. The zero-order chi connectivity index (χ0) is 24.1. The molecular formula is C24H24N4O4S2. The van der Waals surface area contributed by atoms with Crippen LogP contribution in [-0.2, 0) is 14.6 Å². The molecule has 0 N–H and O–H groups in total. The molecule has 2 aliphatic heterocycles. The number of rotatable bonds is 4. The number of pyridine rings is 1. The maximum atomic E-state index is 13.6. The summed E-state index contributed by atoms with van der Waals surface area (Å²) >= 11 is 5.80. The van der Waals surface area contributed by atoms with Crippen LogP contribution in [0, 0.1) is 13.5 Å². The van der Waals surface area contributed by atoms with Gasteiger partial charge >= 0.3 is 0 Å². The number of ether oxygens (including phenoxy) is 1. The van der Waals surface area contributed by atoms with Crippen LogP contribution in [0.2, 0.25) is 0 Å². The van der Waals surface area contributed by atoms with E-state index in [0.717, 1.165) is 12.1 Å². The van der Waals surface area contributed by atoms with Gasteiger partial charge in [0.25, 0.3) is 11.7 Å². The van der Waals surface area contributed by atoms with Gasteiger partial charge in [0.2, 0.25) is 0 Å². The summed E-state index contributed by atoms with van der Waals surface area (Å²) in [6.45, 7) is 9.01. The Bertz CT molecular complexity index is 1300. The average Bonchev–Trinajstić information content (AvgIpc) is 3.02. The summed E-state index contributed by atoms with van der Waals surface area (Å²) in [5, 5.41) is 0.396. The van der Waals surface area contributed by atoms with Crippen molar-refractivity contribution < 1.29 is 17.9 Å². The van der Waals surface area contributed by atoms with Crippen LogP contribution >= 0.6 is 12.2 Å². The van der Waals surface area contributed by atoms with Gasteiger partial charge < -0.3 is 14.5 Å². The zero-order valence-electron chi connectivity index (χ0n) is 18.7. The summed E-state index contributed by atoms with van der Waals surface area (Å²) in [4.78, 5) is 24.7. The predicted molar refractivity (Wildman–Crippen MR) is 133 cm³/mol. The van der Waals surface area contributed by atoms with Gasteiger partial charge in [0.05, 0.1) is 17.2 Å². The topological polar surface area (TPSA) is 84.2 Å². The molecule has 3 heterocycles. The first-order valence-corrected chi connectivity index (χ1v) is 13.5. The molecule has 34 heavy (non-hydrogen) atoms. The Morgan fingerprint density at radius 2 is 1.85 bits per heavy atom. The van der Waals surface area contributed by atoms with E-state index < -0.39 is 15.4 Å². The summed E-state index contributed by atoms with van der Waals surface area (Å²) in [7, 11) is -2.94. The molecule has 0 radical (unpaired) electrons. The minimum atomic E-state index is -2.94. The molecule has 1 aliphatic carbocycles. The average molecular weight is 497 g/mol. The van der Waals surface area contributed by atoms with Crippen LogP contribution < -0.4 is 14.5 Å². The van der Waals surface area contributed by atoms with Gasteiger partial charge in [-0.25, -0.2) is 8.42 Å². The SMILES string of the molecule is [C-]#[N+]c1ncc(N2C(=O)C3(CCC3)N(c3ccc(OC4CCS(=O)(=O)CC4)cc3)C2=S)cc1C. The molecule has 1 spiro atoms. The molecule has 3 fully saturated rings. The molecule has 3 aliphatic rings. The fourth-order valence-electron chi connectivity index (χ4n) is 4.85. The fourth-order valence-corrected chi connectivity index (χ4v) is 6.77. The van der Waals surface area contributed by atoms with Crippen LogP contribution in [-0.4, -0.2) is 47.6 Å². The number of anilines is 2. The summed E-state index contributed by atoms with van der Waals surface area (Å²) < 4.78 is 29.3. The van der Waals surface area contributed by atoms with E-state index in [1.54, 1.807) is 13.0 Å². The van der Waals surface area contributed by atoms with E-state index in [0.29, 0.717) is 53.6 Å². The van der Waals surface area contributed by atoms with Crippen LogP contribution in [0.4, 0.5) is 17.2 Å². The van der Waals surface area contributed by atoms with E-state index in [9.17, 15) is 13.2 Å². The normalized spacial score (nSPS) is 21.4. The van der Waals surface area contributed by atoms with Gasteiger partial charge in [-0.3, -0.25) is 9.69 Å². The highest BCUT2D eigenvalue weighted by molar-refractivity contribution is 7.91. The number of aryl methyl sites for hydroxylation is 1. The number of hydrogen-bond donors (Lipinski definition) is 0. The van der Waals surface area contributed by atoms with Gasteiger partial charge in [0.15, 0.2) is 14.9 Å². The summed E-state index contributed by atoms with van der Waals surface area (Å²) in [5.74, 6) is 1.22. The molecule has 1 aromatic heterocycles. The van der Waals surface area contributed by atoms with E-state index >= 15 is 0 Å². The molecule has 2 saturated heterocycles. The largest absolute Gasteiger partial charge is 0.490 e. The second kappa shape index (κ2) is 8.32. The number of nitrogens with zero attached hydrogens (tertiary/aromatic N) is 4. The van der Waals surface area contributed by atoms with Gasteiger partial charge in [0, 0.05) is 5.69 Å². The van der Waals surface area contributed by atoms with Gasteiger partial charge in [-0.15, -0.1) is 4.98 Å². The smallest absolute Gasteiger partial charge is 0.272 e. The summed E-state index contributed by atoms with van der Waals surface area (Å²) in [5.41, 5.74) is 1.37. The van der Waals surface area contributed by atoms with E-state index in [4.69, 9.17) is 23.5 Å². The lowest BCUT2D eigenvalue weighted by atomic mass is 9.75. The number of hydrogen-bond acceptors (Lipinski definition) is 6. The lowest BCUT2D eigenvalue weighted by Crippen LogP contribution is -2.55. The quantitative estimate of drug-likeness (QED) is 0.468. The van der Waals surface area contributed by atoms with Crippen molar-refractivity contribution in [1.29, 1.82) is 0 Å². The predicted octanol–water partition coefficient (Wildman–Crippen LogP) is 3.96. The van der Waals surface area contributed by atoms with Gasteiger partial charge in [-0.1, -0.05) is 6.57 Å². The molecule has 176 valence electrons. The first-order chi connectivity index (χ1) is 16.2. The maximum absolute atomic E-state index is 13.6. The molecule has 5 rings (SSSR count). The molecule has 10 heteroatoms. The number of carbonyl (C=O) groups is 1. The number of aromatic nitrogens is 1. The maximum Gasteiger partial charge on any atom is 0.272 e. The first kappa shape index (κ1) is 22.7. The van der Waals surface area contributed by atoms with Crippen LogP contribution in [0.3, 0.4) is 0 Å². The molecule has 2 aromatic rings. The van der Waals surface area contributed by atoms with Crippen molar-refractivity contribution >= 4 is 50.3 Å². The second-order valence-electron chi connectivity index (χ2n) is 9.05. The minimum absolute atomic E-state index is 0.0655. The first-order valence-electron chi connectivity index (χ1n) is 11.2. The highest BCUT2D eigenvalue weighted by Gasteiger charge is 2.59. The molecule has 1 amide bonds. The Hall–Kier alpha value is -3.03. The Morgan fingerprint density at radius 1 is 1.18 bits per heavy atom. The van der Waals surface area contributed by atoms with Crippen LogP contribution in [0.25, 0.3) is 4.85 Å². The molecular weight excluding hydrogens is 472 g/mol. The number of sulfone groups is 1. The van der Waals surface area contributed by atoms with Crippen molar-refractivity contribution in [2.45, 2.75) is 50.7 Å². The van der Waals surface area contributed by atoms with Gasteiger partial charge in [-0.05, 0) is 87.1 Å². The minimum Gasteiger partial charge on any atom is -0.490 e. The van der Waals surface area contributed by atoms with Crippen molar-refractivity contribution in [3.05, 3.63) is 53.5 Å². The third kappa shape index (κ3) is 3.73. The molecule has 0 bridgehead atoms. The molecule has 8 nitrogen and oxygen atoms in total. The number of amides is 1. The lowest BCUT2D eigenvalue weighted by molar-refractivity contribution is -0.123. The van der Waals surface area contributed by atoms with Crippen LogP contribution in [0.5, 0.6) is 5.75 Å². The van der Waals surface area contributed by atoms with E-state index in [1.165, 1.54) is 11.1 Å². The Morgan fingerprint density at radius 3 is 2.41 bits per heavy atom. The van der Waals surface area contributed by atoms with Crippen molar-refractivity contribution in [3.63, 3.8) is 0 Å². The van der Waals surface area contributed by atoms with E-state index in [-0.39, 0.29) is 23.5 Å². The monoisotopic (exact) mass is 496 g/mol. The van der Waals surface area contributed by atoms with E-state index in [2.05, 4.69) is 9.83 Å². The summed E-state index contributed by atoms with van der Waals surface area (Å²) in [6.07, 6.45) is 4.76. The third-order valence-corrected chi connectivity index (χ3v) is 8.97. The van der Waals surface area contributed by atoms with Crippen molar-refractivity contribution in [2.24, 2.45) is 0 Å². The van der Waals surface area contributed by atoms with Crippen molar-refractivity contribution in [2.75, 3.05) is 21.3 Å². The molecule has 1 aromatic carbocycles. The van der Waals surface area contributed by atoms with Gasteiger partial charge in [0.1, 0.15) is 23.6 Å². The fraction of sp³-hybridized carbons (Fsp3) is 0.417. The highest BCUT2D eigenvalue weighted by Crippen LogP contribution is 2.48. The van der Waals surface area contributed by atoms with Crippen molar-refractivity contribution in [3.8, 4) is 5.75 Å². The standard InChI is InChI=1S/C24H24N4O4S2/c1-16-14-18(15-26-21(16)25-2)27-22(29)24(10-3-11-24)28(23(27)33)17-4-6-19(7-5-17)32-20-8-12-34(30,31)13-9-20/h4-7,14-15,20H,3,8-13H2,1H3. The number of thiocarbonyl (C=S) groups is 1. The molecule has 1 saturated carbocycles.